The molecular formula is C13H18BrNO2. The van der Waals surface area contributed by atoms with Crippen molar-refractivity contribution in [1.29, 1.82) is 0 Å². The lowest BCUT2D eigenvalue weighted by atomic mass is 10.0. The Morgan fingerprint density at radius 1 is 1.53 bits per heavy atom. The molecule has 94 valence electrons. The van der Waals surface area contributed by atoms with Crippen LogP contribution < -0.4 is 10.5 Å². The quantitative estimate of drug-likeness (QED) is 0.907. The van der Waals surface area contributed by atoms with Gasteiger partial charge in [-0.25, -0.2) is 0 Å². The van der Waals surface area contributed by atoms with Crippen molar-refractivity contribution in [2.45, 2.75) is 25.3 Å². The van der Waals surface area contributed by atoms with E-state index >= 15 is 0 Å². The van der Waals surface area contributed by atoms with Gasteiger partial charge >= 0.3 is 0 Å². The smallest absolute Gasteiger partial charge is 0.125 e. The van der Waals surface area contributed by atoms with E-state index in [-0.39, 0.29) is 6.04 Å². The summed E-state index contributed by atoms with van der Waals surface area (Å²) < 4.78 is 11.8. The second kappa shape index (κ2) is 5.85. The van der Waals surface area contributed by atoms with E-state index in [9.17, 15) is 0 Å². The highest BCUT2D eigenvalue weighted by molar-refractivity contribution is 9.10. The van der Waals surface area contributed by atoms with Crippen LogP contribution in [0.4, 0.5) is 0 Å². The standard InChI is InChI=1S/C13H18BrNO2/c1-16-4-3-12(15)8-10-7-11(14)6-9-2-5-17-13(9)10/h6-7,12H,2-5,8,15H2,1H3. The molecule has 2 N–H and O–H groups in total. The first-order valence-electron chi connectivity index (χ1n) is 5.89. The van der Waals surface area contributed by atoms with Crippen molar-refractivity contribution in [3.05, 3.63) is 27.7 Å². The highest BCUT2D eigenvalue weighted by Crippen LogP contribution is 2.33. The predicted molar refractivity (Wildman–Crippen MR) is 71.5 cm³/mol. The summed E-state index contributed by atoms with van der Waals surface area (Å²) in [4.78, 5) is 0. The number of rotatable bonds is 5. The van der Waals surface area contributed by atoms with Gasteiger partial charge in [-0.1, -0.05) is 15.9 Å². The van der Waals surface area contributed by atoms with Gasteiger partial charge in [0.15, 0.2) is 0 Å². The molecule has 1 atom stereocenters. The summed E-state index contributed by atoms with van der Waals surface area (Å²) in [6, 6.07) is 4.36. The van der Waals surface area contributed by atoms with Gasteiger partial charge in [0, 0.05) is 30.7 Å². The van der Waals surface area contributed by atoms with Gasteiger partial charge in [-0.3, -0.25) is 0 Å². The molecule has 0 fully saturated rings. The second-order valence-electron chi connectivity index (χ2n) is 4.40. The lowest BCUT2D eigenvalue weighted by Crippen LogP contribution is -2.24. The molecule has 0 bridgehead atoms. The summed E-state index contributed by atoms with van der Waals surface area (Å²) in [6.07, 6.45) is 2.71. The Morgan fingerprint density at radius 2 is 2.35 bits per heavy atom. The molecule has 0 saturated carbocycles. The Balaban J connectivity index is 2.10. The third kappa shape index (κ3) is 3.21. The molecule has 1 heterocycles. The number of ether oxygens (including phenoxy) is 2. The van der Waals surface area contributed by atoms with Crippen LogP contribution in [-0.2, 0) is 17.6 Å². The summed E-state index contributed by atoms with van der Waals surface area (Å²) >= 11 is 3.54. The molecule has 1 aromatic carbocycles. The first kappa shape index (κ1) is 12.9. The van der Waals surface area contributed by atoms with E-state index < -0.39 is 0 Å². The SMILES string of the molecule is COCCC(N)Cc1cc(Br)cc2c1OCC2. The van der Waals surface area contributed by atoms with E-state index in [1.807, 2.05) is 0 Å². The van der Waals surface area contributed by atoms with Crippen LogP contribution >= 0.6 is 15.9 Å². The van der Waals surface area contributed by atoms with Crippen LogP contribution in [0.5, 0.6) is 5.75 Å². The van der Waals surface area contributed by atoms with Crippen LogP contribution in [0.1, 0.15) is 17.5 Å². The van der Waals surface area contributed by atoms with Crippen LogP contribution in [0.2, 0.25) is 0 Å². The van der Waals surface area contributed by atoms with Crippen molar-refractivity contribution in [3.8, 4) is 5.75 Å². The normalized spacial score (nSPS) is 15.5. The van der Waals surface area contributed by atoms with Gasteiger partial charge in [-0.2, -0.15) is 0 Å². The number of benzene rings is 1. The van der Waals surface area contributed by atoms with Crippen molar-refractivity contribution >= 4 is 15.9 Å². The highest BCUT2D eigenvalue weighted by atomic mass is 79.9. The molecule has 2 rings (SSSR count). The van der Waals surface area contributed by atoms with Crippen LogP contribution in [0, 0.1) is 0 Å². The fourth-order valence-electron chi connectivity index (χ4n) is 2.15. The summed E-state index contributed by atoms with van der Waals surface area (Å²) in [6.45, 7) is 1.49. The van der Waals surface area contributed by atoms with Crippen molar-refractivity contribution in [2.24, 2.45) is 5.73 Å². The van der Waals surface area contributed by atoms with Gasteiger partial charge in [0.2, 0.25) is 0 Å². The monoisotopic (exact) mass is 299 g/mol. The average molecular weight is 300 g/mol. The van der Waals surface area contributed by atoms with Gasteiger partial charge in [0.1, 0.15) is 5.75 Å². The molecule has 17 heavy (non-hydrogen) atoms. The molecule has 1 aliphatic rings. The third-order valence-electron chi connectivity index (χ3n) is 3.00. The fourth-order valence-corrected chi connectivity index (χ4v) is 2.70. The largest absolute Gasteiger partial charge is 0.493 e. The number of methoxy groups -OCH3 is 1. The molecule has 3 nitrogen and oxygen atoms in total. The van der Waals surface area contributed by atoms with Crippen LogP contribution in [0.25, 0.3) is 0 Å². The van der Waals surface area contributed by atoms with Crippen LogP contribution in [0.3, 0.4) is 0 Å². The molecule has 0 spiro atoms. The second-order valence-corrected chi connectivity index (χ2v) is 5.31. The van der Waals surface area contributed by atoms with Crippen molar-refractivity contribution < 1.29 is 9.47 Å². The topological polar surface area (TPSA) is 44.5 Å². The molecule has 1 aliphatic heterocycles. The molecule has 0 amide bonds. The Labute approximate surface area is 110 Å². The van der Waals surface area contributed by atoms with Gasteiger partial charge in [0.05, 0.1) is 6.61 Å². The Bertz CT molecular complexity index is 395. The number of hydrogen-bond acceptors (Lipinski definition) is 3. The fraction of sp³-hybridized carbons (Fsp3) is 0.538. The third-order valence-corrected chi connectivity index (χ3v) is 3.46. The van der Waals surface area contributed by atoms with Crippen LogP contribution in [-0.4, -0.2) is 26.4 Å². The zero-order valence-electron chi connectivity index (χ0n) is 10.0. The summed E-state index contributed by atoms with van der Waals surface area (Å²) in [7, 11) is 1.70. The summed E-state index contributed by atoms with van der Waals surface area (Å²) in [5.41, 5.74) is 8.57. The van der Waals surface area contributed by atoms with E-state index in [0.717, 1.165) is 36.1 Å². The molecule has 1 unspecified atom stereocenters. The zero-order valence-corrected chi connectivity index (χ0v) is 11.6. The van der Waals surface area contributed by atoms with Crippen LogP contribution in [0.15, 0.2) is 16.6 Å². The number of hydrogen-bond donors (Lipinski definition) is 1. The Kier molecular flexibility index (Phi) is 4.42. The summed E-state index contributed by atoms with van der Waals surface area (Å²) in [5.74, 6) is 1.04. The number of halogens is 1. The highest BCUT2D eigenvalue weighted by Gasteiger charge is 2.18. The van der Waals surface area contributed by atoms with E-state index in [2.05, 4.69) is 28.1 Å². The molecule has 0 aromatic heterocycles. The average Bonchev–Trinajstić information content (AvgIpc) is 2.74. The summed E-state index contributed by atoms with van der Waals surface area (Å²) in [5, 5.41) is 0. The lowest BCUT2D eigenvalue weighted by molar-refractivity contribution is 0.187. The van der Waals surface area contributed by atoms with Crippen molar-refractivity contribution in [1.82, 2.24) is 0 Å². The molecule has 0 aliphatic carbocycles. The number of fused-ring (bicyclic) bond motifs is 1. The molecular weight excluding hydrogens is 282 g/mol. The first-order valence-corrected chi connectivity index (χ1v) is 6.68. The molecule has 0 radical (unpaired) electrons. The minimum Gasteiger partial charge on any atom is -0.493 e. The maximum atomic E-state index is 6.09. The molecule has 0 saturated heterocycles. The molecule has 4 heteroatoms. The van der Waals surface area contributed by atoms with Gasteiger partial charge in [-0.15, -0.1) is 0 Å². The maximum absolute atomic E-state index is 6.09. The molecule has 1 aromatic rings. The van der Waals surface area contributed by atoms with Gasteiger partial charge < -0.3 is 15.2 Å². The maximum Gasteiger partial charge on any atom is 0.125 e. The lowest BCUT2D eigenvalue weighted by Gasteiger charge is -2.14. The van der Waals surface area contributed by atoms with Crippen molar-refractivity contribution in [3.63, 3.8) is 0 Å². The minimum atomic E-state index is 0.123. The predicted octanol–water partition coefficient (Wildman–Crippen LogP) is 2.29. The number of nitrogens with two attached hydrogens (primary N) is 1. The van der Waals surface area contributed by atoms with Crippen molar-refractivity contribution in [2.75, 3.05) is 20.3 Å². The Morgan fingerprint density at radius 3 is 3.12 bits per heavy atom. The van der Waals surface area contributed by atoms with E-state index in [4.69, 9.17) is 15.2 Å². The van der Waals surface area contributed by atoms with E-state index in [0.29, 0.717) is 6.61 Å². The minimum absolute atomic E-state index is 0.123. The van der Waals surface area contributed by atoms with Gasteiger partial charge in [0.25, 0.3) is 0 Å². The van der Waals surface area contributed by atoms with E-state index in [1.165, 1.54) is 11.1 Å². The zero-order chi connectivity index (χ0) is 12.3. The Hall–Kier alpha value is -0.580. The van der Waals surface area contributed by atoms with E-state index in [1.54, 1.807) is 7.11 Å². The first-order chi connectivity index (χ1) is 8.20. The van der Waals surface area contributed by atoms with Gasteiger partial charge in [-0.05, 0) is 36.1 Å².